The average Bonchev–Trinajstić information content (AvgIpc) is 3.06. The van der Waals surface area contributed by atoms with Crippen LogP contribution in [-0.4, -0.2) is 25.6 Å². The van der Waals surface area contributed by atoms with E-state index in [1.54, 1.807) is 0 Å². The zero-order chi connectivity index (χ0) is 22.4. The van der Waals surface area contributed by atoms with Gasteiger partial charge in [0.2, 0.25) is 5.91 Å². The van der Waals surface area contributed by atoms with Crippen molar-refractivity contribution in [3.05, 3.63) is 69.0 Å². The molecule has 7 heteroatoms. The van der Waals surface area contributed by atoms with Crippen LogP contribution in [0.3, 0.4) is 0 Å². The molecule has 3 rings (SSSR count). The summed E-state index contributed by atoms with van der Waals surface area (Å²) in [4.78, 5) is 26.0. The first-order valence-corrected chi connectivity index (χ1v) is 11.5. The predicted octanol–water partition coefficient (Wildman–Crippen LogP) is 6.38. The Morgan fingerprint density at radius 2 is 1.84 bits per heavy atom. The van der Waals surface area contributed by atoms with E-state index in [1.807, 2.05) is 62.4 Å². The molecule has 0 atom stereocenters. The van der Waals surface area contributed by atoms with Gasteiger partial charge in [0, 0.05) is 21.3 Å². The van der Waals surface area contributed by atoms with Crippen LogP contribution in [0.1, 0.15) is 33.6 Å². The Hall–Kier alpha value is -2.64. The molecular weight excluding hydrogens is 478 g/mol. The molecule has 0 aliphatic carbocycles. The first-order valence-electron chi connectivity index (χ1n) is 9.86. The van der Waals surface area contributed by atoms with Crippen molar-refractivity contribution in [2.75, 3.05) is 19.0 Å². The number of anilines is 1. The van der Waals surface area contributed by atoms with Gasteiger partial charge in [-0.05, 0) is 55.7 Å². The van der Waals surface area contributed by atoms with Crippen LogP contribution in [0.2, 0.25) is 0 Å². The molecule has 3 aromatic rings. The van der Waals surface area contributed by atoms with E-state index in [0.29, 0.717) is 23.6 Å². The Bertz CT molecular complexity index is 1080. The van der Waals surface area contributed by atoms with Crippen LogP contribution in [0.25, 0.3) is 11.1 Å². The number of amides is 1. The molecule has 1 amide bonds. The number of nitrogens with one attached hydrogen (secondary N) is 1. The number of hydrogen-bond acceptors (Lipinski definition) is 5. The van der Waals surface area contributed by atoms with Gasteiger partial charge in [-0.25, -0.2) is 4.79 Å². The van der Waals surface area contributed by atoms with E-state index in [9.17, 15) is 9.59 Å². The van der Waals surface area contributed by atoms with Crippen molar-refractivity contribution in [3.63, 3.8) is 0 Å². The smallest absolute Gasteiger partial charge is 0.341 e. The van der Waals surface area contributed by atoms with E-state index in [4.69, 9.17) is 9.47 Å². The summed E-state index contributed by atoms with van der Waals surface area (Å²) in [5, 5.41) is 3.40. The first-order chi connectivity index (χ1) is 14.9. The van der Waals surface area contributed by atoms with Crippen LogP contribution in [0.15, 0.2) is 53.0 Å². The summed E-state index contributed by atoms with van der Waals surface area (Å²) in [5.41, 5.74) is 3.18. The summed E-state index contributed by atoms with van der Waals surface area (Å²) in [6, 6.07) is 15.5. The molecule has 0 bridgehead atoms. The van der Waals surface area contributed by atoms with Gasteiger partial charge in [0.25, 0.3) is 0 Å². The largest absolute Gasteiger partial charge is 0.494 e. The molecule has 0 saturated carbocycles. The average molecular weight is 502 g/mol. The van der Waals surface area contributed by atoms with Crippen LogP contribution in [0.5, 0.6) is 5.75 Å². The second kappa shape index (κ2) is 10.6. The fourth-order valence-corrected chi connectivity index (χ4v) is 4.56. The molecule has 0 fully saturated rings. The highest BCUT2D eigenvalue weighted by Gasteiger charge is 2.25. The zero-order valence-electron chi connectivity index (χ0n) is 17.7. The SMILES string of the molecule is COC(=O)c1c(NC(=O)CCCOc2cccc(C)c2)sc(C)c1-c1ccc(Br)cc1. The minimum atomic E-state index is -0.472. The molecule has 0 spiro atoms. The molecule has 0 unspecified atom stereocenters. The molecule has 0 radical (unpaired) electrons. The van der Waals surface area contributed by atoms with Gasteiger partial charge in [0.05, 0.1) is 13.7 Å². The lowest BCUT2D eigenvalue weighted by Gasteiger charge is -2.09. The van der Waals surface area contributed by atoms with Gasteiger partial charge in [-0.15, -0.1) is 11.3 Å². The summed E-state index contributed by atoms with van der Waals surface area (Å²) in [6.45, 7) is 4.37. The molecule has 1 heterocycles. The summed E-state index contributed by atoms with van der Waals surface area (Å²) >= 11 is 4.80. The van der Waals surface area contributed by atoms with Crippen molar-refractivity contribution in [1.29, 1.82) is 0 Å². The van der Waals surface area contributed by atoms with Crippen LogP contribution in [-0.2, 0) is 9.53 Å². The van der Waals surface area contributed by atoms with Crippen molar-refractivity contribution in [2.24, 2.45) is 0 Å². The fraction of sp³-hybridized carbons (Fsp3) is 0.250. The molecule has 162 valence electrons. The van der Waals surface area contributed by atoms with E-state index < -0.39 is 5.97 Å². The minimum absolute atomic E-state index is 0.165. The van der Waals surface area contributed by atoms with Gasteiger partial charge in [-0.3, -0.25) is 4.79 Å². The zero-order valence-corrected chi connectivity index (χ0v) is 20.1. The number of hydrogen-bond donors (Lipinski definition) is 1. The lowest BCUT2D eigenvalue weighted by atomic mass is 10.0. The Morgan fingerprint density at radius 1 is 1.10 bits per heavy atom. The van der Waals surface area contributed by atoms with Gasteiger partial charge >= 0.3 is 5.97 Å². The van der Waals surface area contributed by atoms with Gasteiger partial charge in [-0.1, -0.05) is 40.2 Å². The van der Waals surface area contributed by atoms with Crippen LogP contribution in [0, 0.1) is 13.8 Å². The van der Waals surface area contributed by atoms with Crippen molar-refractivity contribution in [2.45, 2.75) is 26.7 Å². The molecule has 0 aliphatic heterocycles. The number of esters is 1. The lowest BCUT2D eigenvalue weighted by Crippen LogP contribution is -2.15. The highest BCUT2D eigenvalue weighted by Crippen LogP contribution is 2.40. The Balaban J connectivity index is 1.69. The highest BCUT2D eigenvalue weighted by atomic mass is 79.9. The Kier molecular flexibility index (Phi) is 7.87. The number of rotatable bonds is 8. The van der Waals surface area contributed by atoms with Crippen LogP contribution in [0.4, 0.5) is 5.00 Å². The van der Waals surface area contributed by atoms with E-state index in [0.717, 1.165) is 31.8 Å². The molecule has 5 nitrogen and oxygen atoms in total. The molecule has 0 saturated heterocycles. The number of aryl methyl sites for hydroxylation is 2. The molecule has 1 aromatic heterocycles. The minimum Gasteiger partial charge on any atom is -0.494 e. The van der Waals surface area contributed by atoms with Gasteiger partial charge in [0.15, 0.2) is 0 Å². The normalized spacial score (nSPS) is 10.6. The molecule has 31 heavy (non-hydrogen) atoms. The fourth-order valence-electron chi connectivity index (χ4n) is 3.21. The number of benzene rings is 2. The standard InChI is InChI=1S/C24H24BrNO4S/c1-15-6-4-7-19(14-15)30-13-5-8-20(27)26-23-22(24(28)29-3)21(16(2)31-23)17-9-11-18(25)12-10-17/h4,6-7,9-12,14H,5,8,13H2,1-3H3,(H,26,27). The van der Waals surface area contributed by atoms with Gasteiger partial charge in [-0.2, -0.15) is 0 Å². The highest BCUT2D eigenvalue weighted by molar-refractivity contribution is 9.10. The van der Waals surface area contributed by atoms with E-state index in [2.05, 4.69) is 21.2 Å². The number of carbonyl (C=O) groups excluding carboxylic acids is 2. The van der Waals surface area contributed by atoms with Crippen LogP contribution >= 0.6 is 27.3 Å². The van der Waals surface area contributed by atoms with Crippen LogP contribution < -0.4 is 10.1 Å². The molecular formula is C24H24BrNO4S. The number of methoxy groups -OCH3 is 1. The quantitative estimate of drug-likeness (QED) is 0.287. The van der Waals surface area contributed by atoms with Crippen molar-refractivity contribution >= 4 is 44.1 Å². The molecule has 2 aromatic carbocycles. The van der Waals surface area contributed by atoms with E-state index in [-0.39, 0.29) is 12.3 Å². The van der Waals surface area contributed by atoms with Crippen molar-refractivity contribution in [3.8, 4) is 16.9 Å². The Labute approximate surface area is 194 Å². The van der Waals surface area contributed by atoms with E-state index in [1.165, 1.54) is 18.4 Å². The molecule has 1 N–H and O–H groups in total. The van der Waals surface area contributed by atoms with Gasteiger partial charge in [0.1, 0.15) is 16.3 Å². The second-order valence-corrected chi connectivity index (χ2v) is 9.19. The third-order valence-electron chi connectivity index (χ3n) is 4.67. The maximum Gasteiger partial charge on any atom is 0.341 e. The predicted molar refractivity (Wildman–Crippen MR) is 128 cm³/mol. The van der Waals surface area contributed by atoms with Gasteiger partial charge < -0.3 is 14.8 Å². The van der Waals surface area contributed by atoms with E-state index >= 15 is 0 Å². The summed E-state index contributed by atoms with van der Waals surface area (Å²) in [5.74, 6) is 0.156. The third kappa shape index (κ3) is 5.95. The number of thiophene rings is 1. The summed E-state index contributed by atoms with van der Waals surface area (Å²) in [7, 11) is 1.34. The Morgan fingerprint density at radius 3 is 2.52 bits per heavy atom. The topological polar surface area (TPSA) is 64.6 Å². The summed E-state index contributed by atoms with van der Waals surface area (Å²) in [6.07, 6.45) is 0.855. The number of ether oxygens (including phenoxy) is 2. The monoisotopic (exact) mass is 501 g/mol. The lowest BCUT2D eigenvalue weighted by molar-refractivity contribution is -0.116. The number of halogens is 1. The maximum atomic E-state index is 12.5. The maximum absolute atomic E-state index is 12.5. The van der Waals surface area contributed by atoms with Crippen molar-refractivity contribution < 1.29 is 19.1 Å². The first kappa shape index (κ1) is 23.0. The summed E-state index contributed by atoms with van der Waals surface area (Å²) < 4.78 is 11.7. The second-order valence-electron chi connectivity index (χ2n) is 7.05. The van der Waals surface area contributed by atoms with Crippen molar-refractivity contribution in [1.82, 2.24) is 0 Å². The number of carbonyl (C=O) groups is 2. The molecule has 0 aliphatic rings. The third-order valence-corrected chi connectivity index (χ3v) is 6.22.